The van der Waals surface area contributed by atoms with Crippen molar-refractivity contribution in [3.05, 3.63) is 0 Å². The number of ether oxygens (including phenoxy) is 1. The first kappa shape index (κ1) is 18.7. The molecule has 5 nitrogen and oxygen atoms in total. The quantitative estimate of drug-likeness (QED) is 0.810. The summed E-state index contributed by atoms with van der Waals surface area (Å²) in [6, 6.07) is 0. The molecule has 2 rings (SSSR count). The number of β-amino-alcohol motifs (C(OH)–C–C–N with tert-alkyl or cyclic N) is 1. The van der Waals surface area contributed by atoms with Gasteiger partial charge in [-0.1, -0.05) is 12.8 Å². The Bertz CT molecular complexity index is 346. The van der Waals surface area contributed by atoms with Crippen molar-refractivity contribution in [2.75, 3.05) is 39.3 Å². The van der Waals surface area contributed by atoms with E-state index in [0.29, 0.717) is 19.1 Å². The SMILES string of the molecule is CC(C)OCC(O)CN1CCC(C(=O)N2CCCCCC2)CC1. The third-order valence-corrected chi connectivity index (χ3v) is 4.95. The zero-order chi connectivity index (χ0) is 16.7. The van der Waals surface area contributed by atoms with Crippen molar-refractivity contribution in [3.8, 4) is 0 Å². The molecule has 0 bridgehead atoms. The molecule has 5 heteroatoms. The number of piperidine rings is 1. The first-order valence-electron chi connectivity index (χ1n) is 9.37. The van der Waals surface area contributed by atoms with Gasteiger partial charge in [-0.15, -0.1) is 0 Å². The Morgan fingerprint density at radius 3 is 2.26 bits per heavy atom. The molecule has 0 aromatic rings. The lowest BCUT2D eigenvalue weighted by Crippen LogP contribution is -2.45. The molecule has 0 aromatic carbocycles. The number of aliphatic hydroxyl groups excluding tert-OH is 1. The molecule has 2 heterocycles. The number of carbonyl (C=O) groups excluding carboxylic acids is 1. The molecule has 1 atom stereocenters. The van der Waals surface area contributed by atoms with Gasteiger partial charge in [0, 0.05) is 25.6 Å². The predicted octanol–water partition coefficient (Wildman–Crippen LogP) is 1.89. The van der Waals surface area contributed by atoms with Crippen molar-refractivity contribution in [2.24, 2.45) is 5.92 Å². The largest absolute Gasteiger partial charge is 0.389 e. The van der Waals surface area contributed by atoms with Crippen LogP contribution >= 0.6 is 0 Å². The van der Waals surface area contributed by atoms with E-state index in [2.05, 4.69) is 9.80 Å². The average molecular weight is 326 g/mol. The van der Waals surface area contributed by atoms with Gasteiger partial charge in [-0.2, -0.15) is 0 Å². The van der Waals surface area contributed by atoms with Crippen molar-refractivity contribution in [3.63, 3.8) is 0 Å². The zero-order valence-electron chi connectivity index (χ0n) is 14.9. The molecule has 2 aliphatic rings. The monoisotopic (exact) mass is 326 g/mol. The topological polar surface area (TPSA) is 53.0 Å². The molecule has 0 aliphatic carbocycles. The smallest absolute Gasteiger partial charge is 0.225 e. The summed E-state index contributed by atoms with van der Waals surface area (Å²) in [6.07, 6.45) is 6.41. The van der Waals surface area contributed by atoms with Gasteiger partial charge in [0.05, 0.1) is 18.8 Å². The zero-order valence-corrected chi connectivity index (χ0v) is 14.9. The third kappa shape index (κ3) is 6.40. The van der Waals surface area contributed by atoms with Gasteiger partial charge in [-0.05, 0) is 52.6 Å². The van der Waals surface area contributed by atoms with E-state index in [-0.39, 0.29) is 12.0 Å². The Hall–Kier alpha value is -0.650. The van der Waals surface area contributed by atoms with Crippen LogP contribution in [0.4, 0.5) is 0 Å². The van der Waals surface area contributed by atoms with E-state index in [0.717, 1.165) is 51.9 Å². The lowest BCUT2D eigenvalue weighted by molar-refractivity contribution is -0.137. The highest BCUT2D eigenvalue weighted by Crippen LogP contribution is 2.22. The van der Waals surface area contributed by atoms with Crippen molar-refractivity contribution < 1.29 is 14.6 Å². The van der Waals surface area contributed by atoms with Crippen LogP contribution in [0.1, 0.15) is 52.4 Å². The first-order valence-corrected chi connectivity index (χ1v) is 9.37. The van der Waals surface area contributed by atoms with E-state index in [1.165, 1.54) is 12.8 Å². The maximum Gasteiger partial charge on any atom is 0.225 e. The van der Waals surface area contributed by atoms with E-state index < -0.39 is 6.10 Å². The molecular weight excluding hydrogens is 292 g/mol. The van der Waals surface area contributed by atoms with Crippen LogP contribution < -0.4 is 0 Å². The predicted molar refractivity (Wildman–Crippen MR) is 91.3 cm³/mol. The van der Waals surface area contributed by atoms with Crippen LogP contribution in [0.2, 0.25) is 0 Å². The molecule has 134 valence electrons. The maximum atomic E-state index is 12.7. The van der Waals surface area contributed by atoms with Crippen molar-refractivity contribution >= 4 is 5.91 Å². The van der Waals surface area contributed by atoms with Crippen LogP contribution in [0.25, 0.3) is 0 Å². The highest BCUT2D eigenvalue weighted by molar-refractivity contribution is 5.79. The molecule has 0 aromatic heterocycles. The van der Waals surface area contributed by atoms with E-state index in [4.69, 9.17) is 4.74 Å². The second-order valence-corrected chi connectivity index (χ2v) is 7.35. The summed E-state index contributed by atoms with van der Waals surface area (Å²) >= 11 is 0. The molecule has 1 amide bonds. The van der Waals surface area contributed by atoms with Crippen LogP contribution in [-0.4, -0.2) is 72.4 Å². The van der Waals surface area contributed by atoms with Gasteiger partial charge in [-0.25, -0.2) is 0 Å². The molecule has 23 heavy (non-hydrogen) atoms. The second kappa shape index (κ2) is 9.60. The second-order valence-electron chi connectivity index (χ2n) is 7.35. The van der Waals surface area contributed by atoms with Crippen molar-refractivity contribution in [1.82, 2.24) is 9.80 Å². The number of rotatable bonds is 6. The van der Waals surface area contributed by atoms with Gasteiger partial charge in [0.25, 0.3) is 0 Å². The average Bonchev–Trinajstić information content (AvgIpc) is 2.82. The molecule has 1 N–H and O–H groups in total. The summed E-state index contributed by atoms with van der Waals surface area (Å²) in [5.74, 6) is 0.559. The Kier molecular flexibility index (Phi) is 7.80. The van der Waals surface area contributed by atoms with E-state index >= 15 is 0 Å². The summed E-state index contributed by atoms with van der Waals surface area (Å²) in [7, 11) is 0. The fraction of sp³-hybridized carbons (Fsp3) is 0.944. The minimum atomic E-state index is -0.435. The van der Waals surface area contributed by atoms with Gasteiger partial charge in [-0.3, -0.25) is 4.79 Å². The van der Waals surface area contributed by atoms with Crippen molar-refractivity contribution in [2.45, 2.75) is 64.6 Å². The minimum Gasteiger partial charge on any atom is -0.389 e. The Morgan fingerprint density at radius 2 is 1.70 bits per heavy atom. The van der Waals surface area contributed by atoms with Crippen molar-refractivity contribution in [1.29, 1.82) is 0 Å². The molecule has 1 unspecified atom stereocenters. The van der Waals surface area contributed by atoms with E-state index in [9.17, 15) is 9.90 Å². The van der Waals surface area contributed by atoms with Crippen LogP contribution in [0.5, 0.6) is 0 Å². The molecule has 0 radical (unpaired) electrons. The van der Waals surface area contributed by atoms with Gasteiger partial charge >= 0.3 is 0 Å². The summed E-state index contributed by atoms with van der Waals surface area (Å²) in [5, 5.41) is 10.0. The molecular formula is C18H34N2O3. The number of hydrogen-bond acceptors (Lipinski definition) is 4. The summed E-state index contributed by atoms with van der Waals surface area (Å²) in [5.41, 5.74) is 0. The number of aliphatic hydroxyl groups is 1. The fourth-order valence-corrected chi connectivity index (χ4v) is 3.57. The van der Waals surface area contributed by atoms with Crippen LogP contribution in [-0.2, 0) is 9.53 Å². The molecule has 2 saturated heterocycles. The summed E-state index contributed by atoms with van der Waals surface area (Å²) in [4.78, 5) is 17.0. The van der Waals surface area contributed by atoms with Gasteiger partial charge in [0.1, 0.15) is 0 Å². The standard InChI is InChI=1S/C18H34N2O3/c1-15(2)23-14-17(21)13-19-11-7-16(8-12-19)18(22)20-9-5-3-4-6-10-20/h15-17,21H,3-14H2,1-2H3. The third-order valence-electron chi connectivity index (χ3n) is 4.95. The Morgan fingerprint density at radius 1 is 1.09 bits per heavy atom. The van der Waals surface area contributed by atoms with E-state index in [1.807, 2.05) is 13.8 Å². The summed E-state index contributed by atoms with van der Waals surface area (Å²) in [6.45, 7) is 8.71. The van der Waals surface area contributed by atoms with Crippen LogP contribution in [0.15, 0.2) is 0 Å². The fourth-order valence-electron chi connectivity index (χ4n) is 3.57. The number of carbonyl (C=O) groups is 1. The number of likely N-dealkylation sites (tertiary alicyclic amines) is 2. The van der Waals surface area contributed by atoms with Crippen LogP contribution in [0, 0.1) is 5.92 Å². The van der Waals surface area contributed by atoms with Gasteiger partial charge in [0.2, 0.25) is 5.91 Å². The highest BCUT2D eigenvalue weighted by Gasteiger charge is 2.29. The highest BCUT2D eigenvalue weighted by atomic mass is 16.5. The van der Waals surface area contributed by atoms with Crippen LogP contribution in [0.3, 0.4) is 0 Å². The van der Waals surface area contributed by atoms with Gasteiger partial charge in [0.15, 0.2) is 0 Å². The molecule has 0 saturated carbocycles. The number of nitrogens with zero attached hydrogens (tertiary/aromatic N) is 2. The normalized spacial score (nSPS) is 23.0. The number of hydrogen-bond donors (Lipinski definition) is 1. The molecule has 2 fully saturated rings. The van der Waals surface area contributed by atoms with Gasteiger partial charge < -0.3 is 19.6 Å². The summed E-state index contributed by atoms with van der Waals surface area (Å²) < 4.78 is 5.46. The Balaban J connectivity index is 1.69. The molecule has 2 aliphatic heterocycles. The maximum absolute atomic E-state index is 12.7. The Labute approximate surface area is 141 Å². The van der Waals surface area contributed by atoms with E-state index in [1.54, 1.807) is 0 Å². The minimum absolute atomic E-state index is 0.154. The lowest BCUT2D eigenvalue weighted by atomic mass is 9.95. The lowest BCUT2D eigenvalue weighted by Gasteiger charge is -2.34. The first-order chi connectivity index (χ1) is 11.1. The molecule has 0 spiro atoms. The number of amides is 1.